The normalized spacial score (nSPS) is 12.9. The highest BCUT2D eigenvalue weighted by Gasteiger charge is 2.21. The van der Waals surface area contributed by atoms with E-state index in [0.29, 0.717) is 18.6 Å². The van der Waals surface area contributed by atoms with Gasteiger partial charge >= 0.3 is 0 Å². The van der Waals surface area contributed by atoms with Crippen molar-refractivity contribution in [2.45, 2.75) is 44.7 Å². The fourth-order valence-electron chi connectivity index (χ4n) is 3.26. The predicted molar refractivity (Wildman–Crippen MR) is 127 cm³/mol. The highest BCUT2D eigenvalue weighted by atomic mass is 28.1. The molecule has 31 heavy (non-hydrogen) atoms. The standard InChI is InChI=1S/C24H31N5OSi/c1-18(31)23(28-17-22-7-3-5-13-27-22)24(30)29-15-20-10-8-19(9-11-20)14-25-16-21-6-2-4-12-26-21/h2-13,18,23,25,28H,14-17H2,1,31H3,(H,29,30)/t18?,23-/m0/s1. The molecule has 0 saturated heterocycles. The highest BCUT2D eigenvalue weighted by molar-refractivity contribution is 6.14. The number of hydrogen-bond donors (Lipinski definition) is 3. The molecule has 3 rings (SSSR count). The molecule has 3 aromatic rings. The van der Waals surface area contributed by atoms with Crippen LogP contribution in [-0.4, -0.2) is 32.2 Å². The van der Waals surface area contributed by atoms with Crippen molar-refractivity contribution in [3.8, 4) is 0 Å². The Morgan fingerprint density at radius 2 is 1.42 bits per heavy atom. The first-order valence-corrected chi connectivity index (χ1v) is 11.9. The van der Waals surface area contributed by atoms with Crippen LogP contribution in [0.5, 0.6) is 0 Å². The molecule has 0 aliphatic heterocycles. The van der Waals surface area contributed by atoms with Crippen molar-refractivity contribution in [3.05, 3.63) is 95.6 Å². The molecular formula is C24H31N5OSi. The van der Waals surface area contributed by atoms with Crippen molar-refractivity contribution in [2.75, 3.05) is 0 Å². The molecular weight excluding hydrogens is 402 g/mol. The molecule has 162 valence electrons. The molecule has 2 atom stereocenters. The van der Waals surface area contributed by atoms with Gasteiger partial charge in [-0.25, -0.2) is 0 Å². The lowest BCUT2D eigenvalue weighted by Gasteiger charge is -2.21. The van der Waals surface area contributed by atoms with Gasteiger partial charge in [-0.3, -0.25) is 14.8 Å². The molecule has 1 aromatic carbocycles. The average Bonchev–Trinajstić information content (AvgIpc) is 2.80. The van der Waals surface area contributed by atoms with Crippen LogP contribution in [-0.2, 0) is 31.0 Å². The molecule has 7 heteroatoms. The fourth-order valence-corrected chi connectivity index (χ4v) is 3.80. The van der Waals surface area contributed by atoms with Gasteiger partial charge in [-0.2, -0.15) is 0 Å². The second kappa shape index (κ2) is 12.1. The first-order chi connectivity index (χ1) is 15.1. The second-order valence-corrected chi connectivity index (χ2v) is 9.70. The molecule has 0 fully saturated rings. The number of nitrogens with one attached hydrogen (secondary N) is 3. The summed E-state index contributed by atoms with van der Waals surface area (Å²) in [7, 11) is 0.939. The summed E-state index contributed by atoms with van der Waals surface area (Å²) < 4.78 is 0. The van der Waals surface area contributed by atoms with Gasteiger partial charge < -0.3 is 16.0 Å². The van der Waals surface area contributed by atoms with E-state index in [9.17, 15) is 4.79 Å². The molecule has 3 N–H and O–H groups in total. The molecule has 0 saturated carbocycles. The largest absolute Gasteiger partial charge is 0.351 e. The molecule has 0 radical (unpaired) electrons. The van der Waals surface area contributed by atoms with E-state index in [1.54, 1.807) is 12.4 Å². The third kappa shape index (κ3) is 7.71. The van der Waals surface area contributed by atoms with Gasteiger partial charge in [0.2, 0.25) is 5.91 Å². The summed E-state index contributed by atoms with van der Waals surface area (Å²) in [5, 5.41) is 9.84. The maximum absolute atomic E-state index is 12.7. The molecule has 0 aliphatic carbocycles. The van der Waals surface area contributed by atoms with Crippen LogP contribution in [0.15, 0.2) is 73.1 Å². The molecule has 0 aliphatic rings. The summed E-state index contributed by atoms with van der Waals surface area (Å²) in [5.41, 5.74) is 4.58. The van der Waals surface area contributed by atoms with Crippen LogP contribution < -0.4 is 16.0 Å². The summed E-state index contributed by atoms with van der Waals surface area (Å²) in [6, 6.07) is 19.9. The average molecular weight is 434 g/mol. The van der Waals surface area contributed by atoms with Gasteiger partial charge in [-0.05, 0) is 40.9 Å². The van der Waals surface area contributed by atoms with Crippen LogP contribution >= 0.6 is 0 Å². The zero-order valence-electron chi connectivity index (χ0n) is 18.2. The van der Waals surface area contributed by atoms with Crippen LogP contribution in [0.4, 0.5) is 0 Å². The molecule has 2 heterocycles. The Morgan fingerprint density at radius 1 is 0.839 bits per heavy atom. The lowest BCUT2D eigenvalue weighted by molar-refractivity contribution is -0.123. The zero-order valence-corrected chi connectivity index (χ0v) is 20.2. The van der Waals surface area contributed by atoms with Crippen LogP contribution in [0.2, 0.25) is 5.54 Å². The Balaban J connectivity index is 1.43. The number of pyridine rings is 2. The summed E-state index contributed by atoms with van der Waals surface area (Å²) in [4.78, 5) is 21.4. The minimum absolute atomic E-state index is 0.0412. The molecule has 1 unspecified atom stereocenters. The zero-order chi connectivity index (χ0) is 21.9. The molecule has 2 aromatic heterocycles. The number of benzene rings is 1. The van der Waals surface area contributed by atoms with E-state index in [2.05, 4.69) is 57.1 Å². The van der Waals surface area contributed by atoms with Crippen molar-refractivity contribution in [3.63, 3.8) is 0 Å². The Labute approximate surface area is 187 Å². The van der Waals surface area contributed by atoms with Crippen molar-refractivity contribution in [1.29, 1.82) is 0 Å². The predicted octanol–water partition coefficient (Wildman–Crippen LogP) is 1.71. The monoisotopic (exact) mass is 433 g/mol. The van der Waals surface area contributed by atoms with Crippen LogP contribution in [0.3, 0.4) is 0 Å². The van der Waals surface area contributed by atoms with Gasteiger partial charge in [0.15, 0.2) is 0 Å². The van der Waals surface area contributed by atoms with Crippen molar-refractivity contribution < 1.29 is 4.79 Å². The van der Waals surface area contributed by atoms with E-state index in [4.69, 9.17) is 0 Å². The maximum Gasteiger partial charge on any atom is 0.237 e. The molecule has 1 amide bonds. The highest BCUT2D eigenvalue weighted by Crippen LogP contribution is 2.08. The van der Waals surface area contributed by atoms with Crippen LogP contribution in [0.25, 0.3) is 0 Å². The molecule has 0 spiro atoms. The van der Waals surface area contributed by atoms with Crippen molar-refractivity contribution in [2.24, 2.45) is 0 Å². The number of carbonyl (C=O) groups is 1. The summed E-state index contributed by atoms with van der Waals surface area (Å²) in [5.74, 6) is 0.0412. The topological polar surface area (TPSA) is 78.9 Å². The SMILES string of the molecule is CC([SiH3])[C@H](NCc1ccccn1)C(=O)NCc1ccc(CNCc2ccccn2)cc1. The van der Waals surface area contributed by atoms with Crippen LogP contribution in [0.1, 0.15) is 29.4 Å². The maximum atomic E-state index is 12.7. The van der Waals surface area contributed by atoms with Gasteiger partial charge in [-0.1, -0.05) is 43.3 Å². The molecule has 6 nitrogen and oxygen atoms in total. The summed E-state index contributed by atoms with van der Waals surface area (Å²) >= 11 is 0. The second-order valence-electron chi connectivity index (χ2n) is 7.88. The third-order valence-corrected chi connectivity index (χ3v) is 5.70. The first-order valence-electron chi connectivity index (χ1n) is 10.7. The fraction of sp³-hybridized carbons (Fsp3) is 0.292. The number of rotatable bonds is 11. The number of amides is 1. The number of hydrogen-bond acceptors (Lipinski definition) is 5. The molecule has 0 bridgehead atoms. The van der Waals surface area contributed by atoms with E-state index in [-0.39, 0.29) is 11.9 Å². The Morgan fingerprint density at radius 3 is 1.97 bits per heavy atom. The Hall–Kier alpha value is -2.87. The van der Waals surface area contributed by atoms with E-state index in [1.165, 1.54) is 5.56 Å². The lowest BCUT2D eigenvalue weighted by atomic mass is 10.1. The first kappa shape index (κ1) is 22.8. The number of aromatic nitrogens is 2. The van der Waals surface area contributed by atoms with E-state index in [0.717, 1.165) is 40.3 Å². The van der Waals surface area contributed by atoms with Crippen molar-refractivity contribution >= 4 is 16.1 Å². The van der Waals surface area contributed by atoms with Gasteiger partial charge in [0.1, 0.15) is 0 Å². The van der Waals surface area contributed by atoms with Gasteiger partial charge in [0.05, 0.1) is 17.4 Å². The van der Waals surface area contributed by atoms with Crippen LogP contribution in [0, 0.1) is 0 Å². The Kier molecular flexibility index (Phi) is 8.90. The number of nitrogens with zero attached hydrogens (tertiary/aromatic N) is 2. The lowest BCUT2D eigenvalue weighted by Crippen LogP contribution is -2.46. The van der Waals surface area contributed by atoms with E-state index in [1.807, 2.05) is 36.4 Å². The van der Waals surface area contributed by atoms with E-state index < -0.39 is 0 Å². The minimum atomic E-state index is -0.205. The summed E-state index contributed by atoms with van der Waals surface area (Å²) in [6.45, 7) is 4.74. The van der Waals surface area contributed by atoms with Gasteiger partial charge in [0.25, 0.3) is 0 Å². The third-order valence-electron chi connectivity index (χ3n) is 5.03. The smallest absolute Gasteiger partial charge is 0.237 e. The van der Waals surface area contributed by atoms with Gasteiger partial charge in [0, 0.05) is 48.8 Å². The minimum Gasteiger partial charge on any atom is -0.351 e. The number of carbonyl (C=O) groups excluding carboxylic acids is 1. The van der Waals surface area contributed by atoms with Gasteiger partial charge in [-0.15, -0.1) is 0 Å². The quantitative estimate of drug-likeness (QED) is 0.401. The Bertz CT molecular complexity index is 920. The van der Waals surface area contributed by atoms with E-state index >= 15 is 0 Å². The summed E-state index contributed by atoms with van der Waals surface area (Å²) in [6.07, 6.45) is 3.58. The van der Waals surface area contributed by atoms with Crippen molar-refractivity contribution in [1.82, 2.24) is 25.9 Å².